The predicted molar refractivity (Wildman–Crippen MR) is 87.5 cm³/mol. The maximum Gasteiger partial charge on any atom is 0.338 e. The number of fused-ring (bicyclic) bond motifs is 1. The molecule has 0 aromatic carbocycles. The molecule has 118 valence electrons. The summed E-state index contributed by atoms with van der Waals surface area (Å²) in [6, 6.07) is 1.94. The Morgan fingerprint density at radius 2 is 2.04 bits per heavy atom. The van der Waals surface area contributed by atoms with E-state index in [4.69, 9.17) is 0 Å². The van der Waals surface area contributed by atoms with Crippen LogP contribution in [-0.2, 0) is 13.0 Å². The van der Waals surface area contributed by atoms with Gasteiger partial charge in [0.1, 0.15) is 0 Å². The number of aryl methyl sites for hydroxylation is 3. The number of aromatic carboxylic acids is 1. The maximum absolute atomic E-state index is 11.9. The smallest absolute Gasteiger partial charge is 0.338 e. The zero-order valence-electron chi connectivity index (χ0n) is 13.4. The van der Waals surface area contributed by atoms with Crippen molar-refractivity contribution in [3.63, 3.8) is 0 Å². The van der Waals surface area contributed by atoms with E-state index in [0.717, 1.165) is 16.5 Å². The minimum atomic E-state index is -0.975. The van der Waals surface area contributed by atoms with Crippen molar-refractivity contribution in [2.75, 3.05) is 0 Å². The second-order valence-electron chi connectivity index (χ2n) is 5.42. The Hall–Kier alpha value is -2.76. The molecule has 0 atom stereocenters. The van der Waals surface area contributed by atoms with Crippen molar-refractivity contribution in [2.45, 2.75) is 33.7 Å². The van der Waals surface area contributed by atoms with Crippen molar-refractivity contribution in [3.05, 3.63) is 41.5 Å². The Morgan fingerprint density at radius 3 is 2.65 bits per heavy atom. The van der Waals surface area contributed by atoms with Crippen LogP contribution in [0.5, 0.6) is 0 Å². The summed E-state index contributed by atoms with van der Waals surface area (Å²) in [4.78, 5) is 20.7. The third-order valence-electron chi connectivity index (χ3n) is 3.87. The standard InChI is InChI=1S/C17H18N4O2/c1-4-13-15(17(22)23)14(11-6-10(3)7-18-8-11)12-9-19-21(5-2)16(12)20-13/h6-9H,4-5H2,1-3H3,(H,22,23). The lowest BCUT2D eigenvalue weighted by Crippen LogP contribution is -2.09. The fraction of sp³-hybridized carbons (Fsp3) is 0.294. The highest BCUT2D eigenvalue weighted by atomic mass is 16.4. The number of carboxylic acids is 1. The van der Waals surface area contributed by atoms with Crippen molar-refractivity contribution in [2.24, 2.45) is 0 Å². The van der Waals surface area contributed by atoms with Crippen LogP contribution in [0.4, 0.5) is 0 Å². The van der Waals surface area contributed by atoms with E-state index in [2.05, 4.69) is 15.1 Å². The molecule has 0 saturated carbocycles. The van der Waals surface area contributed by atoms with Crippen molar-refractivity contribution in [1.29, 1.82) is 0 Å². The van der Waals surface area contributed by atoms with Gasteiger partial charge in [-0.2, -0.15) is 5.10 Å². The third kappa shape index (κ3) is 2.46. The third-order valence-corrected chi connectivity index (χ3v) is 3.87. The van der Waals surface area contributed by atoms with Crippen LogP contribution in [0, 0.1) is 6.92 Å². The van der Waals surface area contributed by atoms with Crippen LogP contribution in [0.15, 0.2) is 24.7 Å². The zero-order chi connectivity index (χ0) is 16.6. The monoisotopic (exact) mass is 310 g/mol. The van der Waals surface area contributed by atoms with Crippen LogP contribution in [0.1, 0.15) is 35.5 Å². The largest absolute Gasteiger partial charge is 0.478 e. The van der Waals surface area contributed by atoms with Gasteiger partial charge < -0.3 is 5.11 Å². The fourth-order valence-corrected chi connectivity index (χ4v) is 2.85. The fourth-order valence-electron chi connectivity index (χ4n) is 2.85. The molecule has 0 unspecified atom stereocenters. The molecule has 3 heterocycles. The van der Waals surface area contributed by atoms with Gasteiger partial charge in [-0.25, -0.2) is 14.5 Å². The van der Waals surface area contributed by atoms with Gasteiger partial charge in [-0.05, 0) is 31.9 Å². The molecule has 0 aliphatic rings. The number of hydrogen-bond donors (Lipinski definition) is 1. The molecule has 0 radical (unpaired) electrons. The lowest BCUT2D eigenvalue weighted by Gasteiger charge is -2.12. The average molecular weight is 310 g/mol. The molecule has 6 heteroatoms. The number of carboxylic acid groups (broad SMARTS) is 1. The number of aromatic nitrogens is 4. The van der Waals surface area contributed by atoms with Crippen LogP contribution >= 0.6 is 0 Å². The SMILES string of the molecule is CCc1nc2c(cnn2CC)c(-c2cncc(C)c2)c1C(=O)O. The lowest BCUT2D eigenvalue weighted by molar-refractivity contribution is 0.0696. The number of hydrogen-bond acceptors (Lipinski definition) is 4. The van der Waals surface area contributed by atoms with Gasteiger partial charge in [-0.15, -0.1) is 0 Å². The topological polar surface area (TPSA) is 80.9 Å². The summed E-state index contributed by atoms with van der Waals surface area (Å²) < 4.78 is 1.78. The predicted octanol–water partition coefficient (Wildman–Crippen LogP) is 3.08. The van der Waals surface area contributed by atoms with Crippen LogP contribution in [0.3, 0.4) is 0 Å². The Morgan fingerprint density at radius 1 is 1.26 bits per heavy atom. The maximum atomic E-state index is 11.9. The Kier molecular flexibility index (Phi) is 3.82. The second-order valence-corrected chi connectivity index (χ2v) is 5.42. The number of nitrogens with zero attached hydrogens (tertiary/aromatic N) is 4. The summed E-state index contributed by atoms with van der Waals surface area (Å²) in [7, 11) is 0. The Bertz CT molecular complexity index is 899. The molecule has 0 fully saturated rings. The van der Waals surface area contributed by atoms with Gasteiger partial charge in [-0.1, -0.05) is 6.92 Å². The molecule has 0 aliphatic heterocycles. The van der Waals surface area contributed by atoms with E-state index in [1.165, 1.54) is 0 Å². The molecule has 1 N–H and O–H groups in total. The number of rotatable bonds is 4. The van der Waals surface area contributed by atoms with E-state index in [0.29, 0.717) is 29.9 Å². The highest BCUT2D eigenvalue weighted by Crippen LogP contribution is 2.33. The summed E-state index contributed by atoms with van der Waals surface area (Å²) in [6.45, 7) is 6.51. The quantitative estimate of drug-likeness (QED) is 0.801. The van der Waals surface area contributed by atoms with Crippen molar-refractivity contribution in [1.82, 2.24) is 19.7 Å². The van der Waals surface area contributed by atoms with Gasteiger partial charge in [0.15, 0.2) is 5.65 Å². The number of pyridine rings is 2. The molecule has 0 spiro atoms. The Labute approximate surface area is 133 Å². The highest BCUT2D eigenvalue weighted by Gasteiger charge is 2.23. The van der Waals surface area contributed by atoms with Gasteiger partial charge in [0.05, 0.1) is 17.5 Å². The van der Waals surface area contributed by atoms with Crippen molar-refractivity contribution >= 4 is 17.0 Å². The van der Waals surface area contributed by atoms with Gasteiger partial charge >= 0.3 is 5.97 Å². The summed E-state index contributed by atoms with van der Waals surface area (Å²) in [5.41, 5.74) is 3.92. The van der Waals surface area contributed by atoms with E-state index >= 15 is 0 Å². The zero-order valence-corrected chi connectivity index (χ0v) is 13.4. The van der Waals surface area contributed by atoms with E-state index in [9.17, 15) is 9.90 Å². The first-order valence-corrected chi connectivity index (χ1v) is 7.60. The first kappa shape index (κ1) is 15.1. The number of carbonyl (C=O) groups is 1. The molecule has 0 saturated heterocycles. The van der Waals surface area contributed by atoms with E-state index in [-0.39, 0.29) is 5.56 Å². The van der Waals surface area contributed by atoms with Gasteiger partial charge in [0.2, 0.25) is 0 Å². The summed E-state index contributed by atoms with van der Waals surface area (Å²) >= 11 is 0. The molecular weight excluding hydrogens is 292 g/mol. The molecule has 0 aliphatic carbocycles. The molecule has 0 amide bonds. The summed E-state index contributed by atoms with van der Waals surface area (Å²) in [5, 5.41) is 14.8. The van der Waals surface area contributed by atoms with Crippen LogP contribution in [0.25, 0.3) is 22.2 Å². The Balaban J connectivity index is 2.47. The molecule has 3 aromatic heterocycles. The minimum Gasteiger partial charge on any atom is -0.478 e. The first-order chi connectivity index (χ1) is 11.1. The van der Waals surface area contributed by atoms with Crippen LogP contribution < -0.4 is 0 Å². The summed E-state index contributed by atoms with van der Waals surface area (Å²) in [6.07, 6.45) is 5.67. The highest BCUT2D eigenvalue weighted by molar-refractivity contribution is 6.06. The molecule has 3 aromatic rings. The molecule has 6 nitrogen and oxygen atoms in total. The van der Waals surface area contributed by atoms with E-state index in [1.54, 1.807) is 23.3 Å². The van der Waals surface area contributed by atoms with E-state index in [1.807, 2.05) is 26.8 Å². The minimum absolute atomic E-state index is 0.239. The second kappa shape index (κ2) is 5.79. The van der Waals surface area contributed by atoms with E-state index < -0.39 is 5.97 Å². The van der Waals surface area contributed by atoms with Gasteiger partial charge in [-0.3, -0.25) is 4.98 Å². The average Bonchev–Trinajstić information content (AvgIpc) is 2.95. The normalized spacial score (nSPS) is 11.1. The summed E-state index contributed by atoms with van der Waals surface area (Å²) in [5.74, 6) is -0.975. The van der Waals surface area contributed by atoms with Crippen molar-refractivity contribution in [3.8, 4) is 11.1 Å². The van der Waals surface area contributed by atoms with Crippen LogP contribution in [-0.4, -0.2) is 30.8 Å². The lowest BCUT2D eigenvalue weighted by atomic mass is 9.95. The van der Waals surface area contributed by atoms with Crippen molar-refractivity contribution < 1.29 is 9.90 Å². The molecule has 23 heavy (non-hydrogen) atoms. The van der Waals surface area contributed by atoms with Gasteiger partial charge in [0, 0.05) is 35.5 Å². The van der Waals surface area contributed by atoms with Gasteiger partial charge in [0.25, 0.3) is 0 Å². The molecular formula is C17H18N4O2. The van der Waals surface area contributed by atoms with Crippen LogP contribution in [0.2, 0.25) is 0 Å². The first-order valence-electron chi connectivity index (χ1n) is 7.60. The molecule has 3 rings (SSSR count). The molecule has 0 bridgehead atoms.